The van der Waals surface area contributed by atoms with E-state index in [1.165, 1.54) is 13.0 Å². The number of halogens is 3. The van der Waals surface area contributed by atoms with Crippen molar-refractivity contribution in [2.45, 2.75) is 18.7 Å². The summed E-state index contributed by atoms with van der Waals surface area (Å²) in [6, 6.07) is 2.40. The molecule has 3 nitrogen and oxygen atoms in total. The molecule has 14 heavy (non-hydrogen) atoms. The van der Waals surface area contributed by atoms with E-state index in [0.29, 0.717) is 0 Å². The number of hydrogen-bond donors (Lipinski definition) is 2. The Kier molecular flexibility index (Phi) is 2.60. The molecule has 1 aromatic rings. The van der Waals surface area contributed by atoms with E-state index in [0.717, 1.165) is 6.07 Å². The van der Waals surface area contributed by atoms with E-state index in [4.69, 9.17) is 10.2 Å². The van der Waals surface area contributed by atoms with Gasteiger partial charge < -0.3 is 15.3 Å². The van der Waals surface area contributed by atoms with Gasteiger partial charge in [0.1, 0.15) is 11.5 Å². The van der Waals surface area contributed by atoms with E-state index in [2.05, 4.69) is 0 Å². The number of nitrogens with two attached hydrogens (primary N) is 1. The minimum atomic E-state index is -4.84. The Labute approximate surface area is 78.3 Å². The number of furan rings is 1. The van der Waals surface area contributed by atoms with Crippen LogP contribution in [-0.4, -0.2) is 17.8 Å². The fraction of sp³-hybridized carbons (Fsp3) is 0.500. The Morgan fingerprint density at radius 2 is 2.00 bits per heavy atom. The van der Waals surface area contributed by atoms with Crippen LogP contribution in [0.3, 0.4) is 0 Å². The van der Waals surface area contributed by atoms with Crippen LogP contribution >= 0.6 is 0 Å². The standard InChI is InChI=1S/C8H10F3NO2/c1-5-2-3-6(14-5)7(13,4-12)8(9,10)11/h2-3,13H,4,12H2,1H3/t7-/m0/s1. The fourth-order valence-corrected chi connectivity index (χ4v) is 1.01. The first kappa shape index (κ1) is 11.1. The van der Waals surface area contributed by atoms with Crippen molar-refractivity contribution < 1.29 is 22.7 Å². The third kappa shape index (κ3) is 1.62. The maximum absolute atomic E-state index is 12.4. The van der Waals surface area contributed by atoms with E-state index < -0.39 is 24.1 Å². The minimum Gasteiger partial charge on any atom is -0.463 e. The van der Waals surface area contributed by atoms with Crippen molar-refractivity contribution in [3.8, 4) is 0 Å². The summed E-state index contributed by atoms with van der Waals surface area (Å²) in [6.45, 7) is 0.514. The highest BCUT2D eigenvalue weighted by Gasteiger charge is 2.56. The molecule has 0 saturated heterocycles. The van der Waals surface area contributed by atoms with E-state index in [1.807, 2.05) is 0 Å². The summed E-state index contributed by atoms with van der Waals surface area (Å²) in [5.74, 6) is -0.291. The largest absolute Gasteiger partial charge is 0.463 e. The van der Waals surface area contributed by atoms with E-state index in [9.17, 15) is 18.3 Å². The summed E-state index contributed by atoms with van der Waals surface area (Å²) in [7, 11) is 0. The molecule has 0 unspecified atom stereocenters. The first-order valence-corrected chi connectivity index (χ1v) is 3.87. The Morgan fingerprint density at radius 1 is 1.43 bits per heavy atom. The quantitative estimate of drug-likeness (QED) is 0.771. The van der Waals surface area contributed by atoms with Gasteiger partial charge in [-0.1, -0.05) is 0 Å². The molecule has 0 aromatic carbocycles. The molecule has 1 atom stereocenters. The second-order valence-corrected chi connectivity index (χ2v) is 2.97. The maximum atomic E-state index is 12.4. The van der Waals surface area contributed by atoms with Crippen LogP contribution in [0.2, 0.25) is 0 Å². The highest BCUT2D eigenvalue weighted by molar-refractivity contribution is 5.16. The maximum Gasteiger partial charge on any atom is 0.425 e. The summed E-state index contributed by atoms with van der Waals surface area (Å²) in [5.41, 5.74) is 1.81. The zero-order valence-electron chi connectivity index (χ0n) is 7.43. The molecule has 1 aromatic heterocycles. The summed E-state index contributed by atoms with van der Waals surface area (Å²) < 4.78 is 41.9. The molecule has 0 bridgehead atoms. The second-order valence-electron chi connectivity index (χ2n) is 2.97. The lowest BCUT2D eigenvalue weighted by molar-refractivity contribution is -0.268. The summed E-state index contributed by atoms with van der Waals surface area (Å²) in [6.07, 6.45) is -4.84. The first-order valence-electron chi connectivity index (χ1n) is 3.87. The Hall–Kier alpha value is -1.01. The van der Waals surface area contributed by atoms with E-state index >= 15 is 0 Å². The van der Waals surface area contributed by atoms with Crippen LogP contribution in [-0.2, 0) is 5.60 Å². The van der Waals surface area contributed by atoms with E-state index in [-0.39, 0.29) is 5.76 Å². The van der Waals surface area contributed by atoms with Gasteiger partial charge in [0.15, 0.2) is 0 Å². The van der Waals surface area contributed by atoms with Gasteiger partial charge in [-0.3, -0.25) is 0 Å². The van der Waals surface area contributed by atoms with Crippen molar-refractivity contribution in [3.63, 3.8) is 0 Å². The van der Waals surface area contributed by atoms with Crippen LogP contribution in [0, 0.1) is 6.92 Å². The smallest absolute Gasteiger partial charge is 0.425 e. The van der Waals surface area contributed by atoms with Gasteiger partial charge in [-0.2, -0.15) is 13.2 Å². The number of alkyl halides is 3. The average molecular weight is 209 g/mol. The second kappa shape index (κ2) is 3.29. The van der Waals surface area contributed by atoms with Gasteiger partial charge in [0.2, 0.25) is 5.60 Å². The predicted molar refractivity (Wildman–Crippen MR) is 42.5 cm³/mol. The lowest BCUT2D eigenvalue weighted by Gasteiger charge is -2.26. The van der Waals surface area contributed by atoms with Gasteiger partial charge in [-0.25, -0.2) is 0 Å². The zero-order chi connectivity index (χ0) is 11.0. The summed E-state index contributed by atoms with van der Waals surface area (Å²) in [4.78, 5) is 0. The molecule has 0 radical (unpaired) electrons. The van der Waals surface area contributed by atoms with Crippen LogP contribution in [0.4, 0.5) is 13.2 Å². The van der Waals surface area contributed by atoms with E-state index in [1.54, 1.807) is 0 Å². The van der Waals surface area contributed by atoms with Crippen LogP contribution in [0.5, 0.6) is 0 Å². The SMILES string of the molecule is Cc1ccc([C@@](O)(CN)C(F)(F)F)o1. The number of rotatable bonds is 2. The molecule has 0 aliphatic heterocycles. The third-order valence-corrected chi connectivity index (χ3v) is 1.91. The minimum absolute atomic E-state index is 0.288. The Bertz CT molecular complexity index is 321. The van der Waals surface area contributed by atoms with Crippen molar-refractivity contribution in [2.24, 2.45) is 5.73 Å². The predicted octanol–water partition coefficient (Wildman–Crippen LogP) is 1.30. The number of aliphatic hydroxyl groups is 1. The average Bonchev–Trinajstić information content (AvgIpc) is 2.48. The molecule has 0 aliphatic rings. The Balaban J connectivity index is 3.14. The van der Waals surface area contributed by atoms with Crippen LogP contribution in [0.25, 0.3) is 0 Å². The molecule has 0 spiro atoms. The van der Waals surface area contributed by atoms with Crippen molar-refractivity contribution in [1.29, 1.82) is 0 Å². The molecule has 1 heterocycles. The molecule has 0 aliphatic carbocycles. The number of hydrogen-bond acceptors (Lipinski definition) is 3. The molecule has 0 saturated carbocycles. The molecule has 3 N–H and O–H groups in total. The molecular formula is C8H10F3NO2. The fourth-order valence-electron chi connectivity index (χ4n) is 1.01. The molecule has 0 fully saturated rings. The first-order chi connectivity index (χ1) is 6.31. The van der Waals surface area contributed by atoms with Crippen LogP contribution < -0.4 is 5.73 Å². The molecule has 6 heteroatoms. The van der Waals surface area contributed by atoms with Gasteiger partial charge in [0, 0.05) is 6.54 Å². The van der Waals surface area contributed by atoms with Crippen LogP contribution in [0.15, 0.2) is 16.5 Å². The van der Waals surface area contributed by atoms with Crippen molar-refractivity contribution in [3.05, 3.63) is 23.7 Å². The third-order valence-electron chi connectivity index (χ3n) is 1.91. The summed E-state index contributed by atoms with van der Waals surface area (Å²) >= 11 is 0. The van der Waals surface area contributed by atoms with Gasteiger partial charge in [-0.05, 0) is 19.1 Å². The molecule has 0 amide bonds. The number of aryl methyl sites for hydroxylation is 1. The highest BCUT2D eigenvalue weighted by Crippen LogP contribution is 2.38. The van der Waals surface area contributed by atoms with Crippen molar-refractivity contribution in [1.82, 2.24) is 0 Å². The molecule has 1 rings (SSSR count). The topological polar surface area (TPSA) is 59.4 Å². The van der Waals surface area contributed by atoms with Crippen molar-refractivity contribution in [2.75, 3.05) is 6.54 Å². The lowest BCUT2D eigenvalue weighted by atomic mass is 10.0. The highest BCUT2D eigenvalue weighted by atomic mass is 19.4. The normalized spacial score (nSPS) is 16.7. The zero-order valence-corrected chi connectivity index (χ0v) is 7.43. The molecule has 80 valence electrons. The monoisotopic (exact) mass is 209 g/mol. The van der Waals surface area contributed by atoms with Gasteiger partial charge in [0.05, 0.1) is 0 Å². The Morgan fingerprint density at radius 3 is 2.29 bits per heavy atom. The lowest BCUT2D eigenvalue weighted by Crippen LogP contribution is -2.48. The van der Waals surface area contributed by atoms with Gasteiger partial charge in [-0.15, -0.1) is 0 Å². The molecular weight excluding hydrogens is 199 g/mol. The van der Waals surface area contributed by atoms with Crippen molar-refractivity contribution >= 4 is 0 Å². The summed E-state index contributed by atoms with van der Waals surface area (Å²) in [5, 5.41) is 9.30. The van der Waals surface area contributed by atoms with Gasteiger partial charge in [0.25, 0.3) is 0 Å². The van der Waals surface area contributed by atoms with Crippen LogP contribution in [0.1, 0.15) is 11.5 Å². The van der Waals surface area contributed by atoms with Gasteiger partial charge >= 0.3 is 6.18 Å².